The third-order valence-corrected chi connectivity index (χ3v) is 4.66. The van der Waals surface area contributed by atoms with Gasteiger partial charge in [0.25, 0.3) is 0 Å². The number of hydrogen-bond donors (Lipinski definition) is 0. The predicted molar refractivity (Wildman–Crippen MR) is 102 cm³/mol. The van der Waals surface area contributed by atoms with Crippen LogP contribution < -0.4 is 0 Å². The van der Waals surface area contributed by atoms with Crippen molar-refractivity contribution in [3.8, 4) is 0 Å². The van der Waals surface area contributed by atoms with Crippen LogP contribution in [0.5, 0.6) is 0 Å². The standard InChI is InChI=1S/C21H29N3O2/c1-2-15-25-21(6-1)26-16-4-13-24(18-20-7-11-22-12-8-20)14-9-19-5-3-10-23-17-19/h3,5,7-8,10-12,17,21H,1-2,4,6,9,13-16,18H2/t21-/m0/s1. The summed E-state index contributed by atoms with van der Waals surface area (Å²) in [5, 5.41) is 0. The number of hydrogen-bond acceptors (Lipinski definition) is 5. The van der Waals surface area contributed by atoms with Gasteiger partial charge in [0, 0.05) is 51.0 Å². The quantitative estimate of drug-likeness (QED) is 0.611. The lowest BCUT2D eigenvalue weighted by Crippen LogP contribution is -2.29. The first-order chi connectivity index (χ1) is 12.9. The highest BCUT2D eigenvalue weighted by Crippen LogP contribution is 2.14. The van der Waals surface area contributed by atoms with E-state index in [0.29, 0.717) is 0 Å². The zero-order valence-electron chi connectivity index (χ0n) is 15.4. The molecule has 0 amide bonds. The van der Waals surface area contributed by atoms with E-state index < -0.39 is 0 Å². The lowest BCUT2D eigenvalue weighted by molar-refractivity contribution is -0.163. The van der Waals surface area contributed by atoms with Crippen molar-refractivity contribution in [2.45, 2.75) is 44.9 Å². The molecule has 0 unspecified atom stereocenters. The summed E-state index contributed by atoms with van der Waals surface area (Å²) in [7, 11) is 0. The van der Waals surface area contributed by atoms with Gasteiger partial charge in [-0.15, -0.1) is 0 Å². The van der Waals surface area contributed by atoms with Gasteiger partial charge in [-0.1, -0.05) is 6.07 Å². The zero-order chi connectivity index (χ0) is 17.9. The van der Waals surface area contributed by atoms with Crippen molar-refractivity contribution in [1.29, 1.82) is 0 Å². The van der Waals surface area contributed by atoms with Gasteiger partial charge in [0.2, 0.25) is 0 Å². The summed E-state index contributed by atoms with van der Waals surface area (Å²) in [5.74, 6) is 0. The molecule has 0 aromatic carbocycles. The van der Waals surface area contributed by atoms with Crippen LogP contribution in [0, 0.1) is 0 Å². The van der Waals surface area contributed by atoms with Crippen molar-refractivity contribution in [3.63, 3.8) is 0 Å². The van der Waals surface area contributed by atoms with E-state index in [1.165, 1.54) is 17.5 Å². The molecule has 0 aliphatic carbocycles. The second-order valence-electron chi connectivity index (χ2n) is 6.76. The molecule has 3 rings (SSSR count). The molecule has 0 N–H and O–H groups in total. The monoisotopic (exact) mass is 355 g/mol. The van der Waals surface area contributed by atoms with E-state index in [9.17, 15) is 0 Å². The molecular weight excluding hydrogens is 326 g/mol. The Morgan fingerprint density at radius 3 is 2.73 bits per heavy atom. The van der Waals surface area contributed by atoms with E-state index in [4.69, 9.17) is 9.47 Å². The molecule has 1 aliphatic heterocycles. The average Bonchev–Trinajstić information content (AvgIpc) is 2.71. The van der Waals surface area contributed by atoms with Crippen LogP contribution in [0.1, 0.15) is 36.8 Å². The largest absolute Gasteiger partial charge is 0.353 e. The molecule has 0 radical (unpaired) electrons. The van der Waals surface area contributed by atoms with Crippen LogP contribution in [0.15, 0.2) is 49.1 Å². The third kappa shape index (κ3) is 6.83. The number of aromatic nitrogens is 2. The third-order valence-electron chi connectivity index (χ3n) is 4.66. The first-order valence-electron chi connectivity index (χ1n) is 9.63. The molecule has 1 fully saturated rings. The normalized spacial score (nSPS) is 17.5. The van der Waals surface area contributed by atoms with Crippen LogP contribution >= 0.6 is 0 Å². The number of pyridine rings is 2. The second kappa shape index (κ2) is 11.0. The molecule has 140 valence electrons. The Balaban J connectivity index is 1.45. The summed E-state index contributed by atoms with van der Waals surface area (Å²) < 4.78 is 11.5. The smallest absolute Gasteiger partial charge is 0.157 e. The van der Waals surface area contributed by atoms with Gasteiger partial charge < -0.3 is 9.47 Å². The maximum Gasteiger partial charge on any atom is 0.157 e. The molecule has 5 nitrogen and oxygen atoms in total. The van der Waals surface area contributed by atoms with Crippen molar-refractivity contribution >= 4 is 0 Å². The average molecular weight is 355 g/mol. The van der Waals surface area contributed by atoms with E-state index in [1.807, 2.05) is 30.9 Å². The molecular formula is C21H29N3O2. The predicted octanol–water partition coefficient (Wildman–Crippen LogP) is 3.45. The molecule has 0 saturated carbocycles. The fourth-order valence-corrected chi connectivity index (χ4v) is 3.20. The van der Waals surface area contributed by atoms with Crippen molar-refractivity contribution in [3.05, 3.63) is 60.2 Å². The number of rotatable bonds is 10. The molecule has 0 spiro atoms. The molecule has 5 heteroatoms. The van der Waals surface area contributed by atoms with E-state index >= 15 is 0 Å². The molecule has 3 heterocycles. The van der Waals surface area contributed by atoms with Crippen molar-refractivity contribution in [2.75, 3.05) is 26.3 Å². The first-order valence-corrected chi connectivity index (χ1v) is 9.63. The van der Waals surface area contributed by atoms with Crippen LogP contribution in [0.3, 0.4) is 0 Å². The lowest BCUT2D eigenvalue weighted by atomic mass is 10.2. The molecule has 0 bridgehead atoms. The molecule has 1 atom stereocenters. The van der Waals surface area contributed by atoms with Crippen LogP contribution in [0.2, 0.25) is 0 Å². The van der Waals surface area contributed by atoms with Gasteiger partial charge in [0.05, 0.1) is 6.61 Å². The molecule has 1 saturated heterocycles. The maximum absolute atomic E-state index is 5.88. The summed E-state index contributed by atoms with van der Waals surface area (Å²) in [4.78, 5) is 10.8. The highest BCUT2D eigenvalue weighted by molar-refractivity contribution is 5.11. The Kier molecular flexibility index (Phi) is 8.03. The van der Waals surface area contributed by atoms with Crippen LogP contribution in [-0.2, 0) is 22.4 Å². The fourth-order valence-electron chi connectivity index (χ4n) is 3.20. The van der Waals surface area contributed by atoms with Gasteiger partial charge in [0.1, 0.15) is 0 Å². The molecule has 2 aromatic rings. The summed E-state index contributed by atoms with van der Waals surface area (Å²) in [5.41, 5.74) is 2.57. The Morgan fingerprint density at radius 1 is 1.04 bits per heavy atom. The molecule has 2 aromatic heterocycles. The Labute approximate surface area is 156 Å². The zero-order valence-corrected chi connectivity index (χ0v) is 15.4. The molecule has 1 aliphatic rings. The maximum atomic E-state index is 5.88. The minimum Gasteiger partial charge on any atom is -0.353 e. The van der Waals surface area contributed by atoms with Gasteiger partial charge in [-0.25, -0.2) is 0 Å². The van der Waals surface area contributed by atoms with Crippen molar-refractivity contribution in [2.24, 2.45) is 0 Å². The van der Waals surface area contributed by atoms with Crippen molar-refractivity contribution < 1.29 is 9.47 Å². The SMILES string of the molecule is c1cncc(CCN(CCCO[C@H]2CCCCO2)Cc2ccncc2)c1. The minimum absolute atomic E-state index is 0.00721. The Hall–Kier alpha value is -1.82. The van der Waals surface area contributed by atoms with E-state index in [2.05, 4.69) is 33.1 Å². The summed E-state index contributed by atoms with van der Waals surface area (Å²) in [6.45, 7) is 4.54. The van der Waals surface area contributed by atoms with E-state index in [-0.39, 0.29) is 6.29 Å². The second-order valence-corrected chi connectivity index (χ2v) is 6.76. The highest BCUT2D eigenvalue weighted by atomic mass is 16.7. The van der Waals surface area contributed by atoms with E-state index in [0.717, 1.165) is 58.5 Å². The van der Waals surface area contributed by atoms with Crippen LogP contribution in [0.4, 0.5) is 0 Å². The fraction of sp³-hybridized carbons (Fsp3) is 0.524. The Bertz CT molecular complexity index is 603. The van der Waals surface area contributed by atoms with Gasteiger partial charge in [-0.3, -0.25) is 14.9 Å². The first kappa shape index (κ1) is 19.0. The summed E-state index contributed by atoms with van der Waals surface area (Å²) >= 11 is 0. The van der Waals surface area contributed by atoms with Gasteiger partial charge >= 0.3 is 0 Å². The van der Waals surface area contributed by atoms with E-state index in [1.54, 1.807) is 0 Å². The highest BCUT2D eigenvalue weighted by Gasteiger charge is 2.14. The minimum atomic E-state index is 0.00721. The topological polar surface area (TPSA) is 47.5 Å². The van der Waals surface area contributed by atoms with Gasteiger partial charge in [-0.05, 0) is 61.4 Å². The van der Waals surface area contributed by atoms with Crippen LogP contribution in [-0.4, -0.2) is 47.5 Å². The Morgan fingerprint density at radius 2 is 1.96 bits per heavy atom. The summed E-state index contributed by atoms with van der Waals surface area (Å²) in [6.07, 6.45) is 12.9. The van der Waals surface area contributed by atoms with Crippen LogP contribution in [0.25, 0.3) is 0 Å². The van der Waals surface area contributed by atoms with Crippen molar-refractivity contribution in [1.82, 2.24) is 14.9 Å². The van der Waals surface area contributed by atoms with Gasteiger partial charge in [-0.2, -0.15) is 0 Å². The summed E-state index contributed by atoms with van der Waals surface area (Å²) in [6, 6.07) is 8.31. The lowest BCUT2D eigenvalue weighted by Gasteiger charge is -2.25. The number of ether oxygens (including phenoxy) is 2. The number of nitrogens with zero attached hydrogens (tertiary/aromatic N) is 3. The van der Waals surface area contributed by atoms with Gasteiger partial charge in [0.15, 0.2) is 6.29 Å². The molecule has 26 heavy (non-hydrogen) atoms.